The Morgan fingerprint density at radius 2 is 2.00 bits per heavy atom. The van der Waals surface area contributed by atoms with Crippen molar-refractivity contribution in [1.29, 1.82) is 0 Å². The lowest BCUT2D eigenvalue weighted by molar-refractivity contribution is 0.0995. The Morgan fingerprint density at radius 3 is 2.57 bits per heavy atom. The lowest BCUT2D eigenvalue weighted by atomic mass is 10.1. The fraction of sp³-hybridized carbons (Fsp3) is 0.214. The van der Waals surface area contributed by atoms with E-state index in [1.165, 1.54) is 10.2 Å². The Hall–Kier alpha value is -2.41. The Morgan fingerprint density at radius 1 is 1.33 bits per heavy atom. The van der Waals surface area contributed by atoms with Gasteiger partial charge < -0.3 is 16.4 Å². The Labute approximate surface area is 128 Å². The molecule has 0 unspecified atom stereocenters. The zero-order valence-corrected chi connectivity index (χ0v) is 12.7. The van der Waals surface area contributed by atoms with Crippen LogP contribution in [0.25, 0.3) is 0 Å². The van der Waals surface area contributed by atoms with Gasteiger partial charge in [-0.25, -0.2) is 0 Å². The number of benzene rings is 1. The highest BCUT2D eigenvalue weighted by atomic mass is 32.1. The number of nitrogens with zero attached hydrogens (tertiary/aromatic N) is 2. The molecule has 1 heterocycles. The van der Waals surface area contributed by atoms with Gasteiger partial charge in [-0.15, -0.1) is 0 Å². The van der Waals surface area contributed by atoms with Gasteiger partial charge in [0.1, 0.15) is 0 Å². The number of anilines is 2. The number of primary amides is 1. The molecular weight excluding hydrogens is 286 g/mol. The topological polar surface area (TPSA) is 85.0 Å². The predicted molar refractivity (Wildman–Crippen MR) is 87.4 cm³/mol. The van der Waals surface area contributed by atoms with Crippen LogP contribution in [0.5, 0.6) is 0 Å². The molecule has 0 aliphatic carbocycles. The average Bonchev–Trinajstić information content (AvgIpc) is 2.80. The van der Waals surface area contributed by atoms with E-state index < -0.39 is 5.91 Å². The first kappa shape index (κ1) is 15.0. The van der Waals surface area contributed by atoms with Crippen LogP contribution < -0.4 is 16.4 Å². The first-order valence-corrected chi connectivity index (χ1v) is 6.90. The van der Waals surface area contributed by atoms with Gasteiger partial charge in [0.05, 0.1) is 5.69 Å². The van der Waals surface area contributed by atoms with E-state index >= 15 is 0 Å². The van der Waals surface area contributed by atoms with Gasteiger partial charge in [0.15, 0.2) is 10.8 Å². The Kier molecular flexibility index (Phi) is 4.54. The molecule has 0 fully saturated rings. The zero-order chi connectivity index (χ0) is 15.4. The smallest absolute Gasteiger partial charge is 0.271 e. The van der Waals surface area contributed by atoms with Crippen LogP contribution in [0.4, 0.5) is 11.4 Å². The molecule has 0 aliphatic rings. The maximum atomic E-state index is 11.3. The van der Waals surface area contributed by atoms with Gasteiger partial charge in [-0.2, -0.15) is 5.10 Å². The highest BCUT2D eigenvalue weighted by Gasteiger charge is 2.13. The van der Waals surface area contributed by atoms with Crippen LogP contribution in [0.2, 0.25) is 0 Å². The minimum atomic E-state index is -0.604. The van der Waals surface area contributed by atoms with Crippen molar-refractivity contribution >= 4 is 34.6 Å². The van der Waals surface area contributed by atoms with Gasteiger partial charge in [-0.3, -0.25) is 9.48 Å². The molecule has 21 heavy (non-hydrogen) atoms. The molecule has 1 aromatic heterocycles. The monoisotopic (exact) mass is 303 g/mol. The molecule has 4 N–H and O–H groups in total. The molecule has 0 radical (unpaired) electrons. The molecule has 0 saturated carbocycles. The average molecular weight is 303 g/mol. The standard InChI is InChI=1S/C14H17N5OS/c1-3-9-4-6-10(7-5-9)16-14(21)17-11-8-19(2)18-12(11)13(15)20/h4-8H,3H2,1-2H3,(H2,15,20)(H2,16,17,21). The maximum absolute atomic E-state index is 11.3. The van der Waals surface area contributed by atoms with E-state index in [-0.39, 0.29) is 5.69 Å². The molecule has 2 aromatic rings. The second-order valence-electron chi connectivity index (χ2n) is 4.56. The highest BCUT2D eigenvalue weighted by Crippen LogP contribution is 2.14. The van der Waals surface area contributed by atoms with E-state index in [4.69, 9.17) is 18.0 Å². The molecular formula is C14H17N5OS. The summed E-state index contributed by atoms with van der Waals surface area (Å²) in [5.74, 6) is -0.604. The van der Waals surface area contributed by atoms with Crippen LogP contribution in [-0.4, -0.2) is 20.8 Å². The van der Waals surface area contributed by atoms with Gasteiger partial charge >= 0.3 is 0 Å². The Bertz CT molecular complexity index is 663. The van der Waals surface area contributed by atoms with E-state index in [0.717, 1.165) is 12.1 Å². The molecule has 2 rings (SSSR count). The minimum absolute atomic E-state index is 0.156. The molecule has 110 valence electrons. The predicted octanol–water partition coefficient (Wildman–Crippen LogP) is 1.89. The second-order valence-corrected chi connectivity index (χ2v) is 4.97. The minimum Gasteiger partial charge on any atom is -0.364 e. The molecule has 7 heteroatoms. The van der Waals surface area contributed by atoms with Gasteiger partial charge in [-0.1, -0.05) is 19.1 Å². The van der Waals surface area contributed by atoms with Crippen LogP contribution >= 0.6 is 12.2 Å². The molecule has 1 amide bonds. The highest BCUT2D eigenvalue weighted by molar-refractivity contribution is 7.80. The summed E-state index contributed by atoms with van der Waals surface area (Å²) in [5.41, 5.74) is 8.03. The molecule has 0 atom stereocenters. The van der Waals surface area contributed by atoms with E-state index in [2.05, 4.69) is 22.7 Å². The number of carbonyl (C=O) groups excluding carboxylic acids is 1. The van der Waals surface area contributed by atoms with Gasteiger partial charge in [0.2, 0.25) is 0 Å². The third kappa shape index (κ3) is 3.79. The fourth-order valence-corrected chi connectivity index (χ4v) is 2.10. The SMILES string of the molecule is CCc1ccc(NC(=S)Nc2cn(C)nc2C(N)=O)cc1. The summed E-state index contributed by atoms with van der Waals surface area (Å²) in [5, 5.41) is 10.3. The van der Waals surface area contributed by atoms with Crippen molar-refractivity contribution in [2.24, 2.45) is 12.8 Å². The number of carbonyl (C=O) groups is 1. The third-order valence-corrected chi connectivity index (χ3v) is 3.13. The van der Waals surface area contributed by atoms with Crippen LogP contribution in [0.1, 0.15) is 23.0 Å². The number of amides is 1. The largest absolute Gasteiger partial charge is 0.364 e. The number of aryl methyl sites for hydroxylation is 2. The summed E-state index contributed by atoms with van der Waals surface area (Å²) in [6.07, 6.45) is 2.63. The lowest BCUT2D eigenvalue weighted by Gasteiger charge is -2.10. The number of thiocarbonyl (C=S) groups is 1. The Balaban J connectivity index is 2.06. The maximum Gasteiger partial charge on any atom is 0.271 e. The van der Waals surface area contributed by atoms with Crippen molar-refractivity contribution in [1.82, 2.24) is 9.78 Å². The number of nitrogens with two attached hydrogens (primary N) is 1. The fourth-order valence-electron chi connectivity index (χ4n) is 1.87. The summed E-state index contributed by atoms with van der Waals surface area (Å²) < 4.78 is 1.50. The normalized spacial score (nSPS) is 10.2. The summed E-state index contributed by atoms with van der Waals surface area (Å²) in [6, 6.07) is 7.96. The van der Waals surface area contributed by atoms with Crippen LogP contribution in [0, 0.1) is 0 Å². The van der Waals surface area contributed by atoms with Crippen molar-refractivity contribution in [3.63, 3.8) is 0 Å². The van der Waals surface area contributed by atoms with E-state index in [1.807, 2.05) is 24.3 Å². The van der Waals surface area contributed by atoms with Crippen LogP contribution in [0.3, 0.4) is 0 Å². The third-order valence-electron chi connectivity index (χ3n) is 2.93. The molecule has 0 saturated heterocycles. The lowest BCUT2D eigenvalue weighted by Crippen LogP contribution is -2.21. The van der Waals surface area contributed by atoms with Crippen molar-refractivity contribution in [3.05, 3.63) is 41.7 Å². The van der Waals surface area contributed by atoms with Crippen molar-refractivity contribution in [2.45, 2.75) is 13.3 Å². The van der Waals surface area contributed by atoms with Gasteiger partial charge in [-0.05, 0) is 36.3 Å². The summed E-state index contributed by atoms with van der Waals surface area (Å²) in [4.78, 5) is 11.3. The molecule has 0 spiro atoms. The van der Waals surface area contributed by atoms with Crippen molar-refractivity contribution in [3.8, 4) is 0 Å². The van der Waals surface area contributed by atoms with Crippen molar-refractivity contribution < 1.29 is 4.79 Å². The first-order valence-electron chi connectivity index (χ1n) is 6.50. The van der Waals surface area contributed by atoms with Crippen molar-refractivity contribution in [2.75, 3.05) is 10.6 Å². The summed E-state index contributed by atoms with van der Waals surface area (Å²) in [7, 11) is 1.71. The quantitative estimate of drug-likeness (QED) is 0.751. The summed E-state index contributed by atoms with van der Waals surface area (Å²) >= 11 is 5.22. The first-order chi connectivity index (χ1) is 9.99. The van der Waals surface area contributed by atoms with E-state index in [9.17, 15) is 4.79 Å². The molecule has 1 aromatic carbocycles. The van der Waals surface area contributed by atoms with Gasteiger partial charge in [0, 0.05) is 18.9 Å². The number of hydrogen-bond donors (Lipinski definition) is 3. The van der Waals surface area contributed by atoms with E-state index in [0.29, 0.717) is 10.8 Å². The number of rotatable bonds is 4. The zero-order valence-electron chi connectivity index (χ0n) is 11.9. The molecule has 0 bridgehead atoms. The molecule has 0 aliphatic heterocycles. The van der Waals surface area contributed by atoms with Gasteiger partial charge in [0.25, 0.3) is 5.91 Å². The summed E-state index contributed by atoms with van der Waals surface area (Å²) in [6.45, 7) is 2.10. The number of aromatic nitrogens is 2. The van der Waals surface area contributed by atoms with Crippen LogP contribution in [-0.2, 0) is 13.5 Å². The van der Waals surface area contributed by atoms with Crippen LogP contribution in [0.15, 0.2) is 30.5 Å². The second kappa shape index (κ2) is 6.36. The van der Waals surface area contributed by atoms with E-state index in [1.54, 1.807) is 13.2 Å². The molecule has 6 nitrogen and oxygen atoms in total. The number of hydrogen-bond acceptors (Lipinski definition) is 3. The number of nitrogens with one attached hydrogen (secondary N) is 2.